The Bertz CT molecular complexity index is 1400. The highest BCUT2D eigenvalue weighted by Crippen LogP contribution is 2.30. The van der Waals surface area contributed by atoms with Crippen molar-refractivity contribution >= 4 is 28.8 Å². The maximum atomic E-state index is 12.6. The van der Waals surface area contributed by atoms with Crippen molar-refractivity contribution in [1.29, 1.82) is 0 Å². The lowest BCUT2D eigenvalue weighted by atomic mass is 10.1. The summed E-state index contributed by atoms with van der Waals surface area (Å²) in [5.74, 6) is 0.397. The molecule has 8 nitrogen and oxygen atoms in total. The van der Waals surface area contributed by atoms with Gasteiger partial charge in [0.1, 0.15) is 5.82 Å². The number of methoxy groups -OCH3 is 1. The monoisotopic (exact) mass is 566 g/mol. The van der Waals surface area contributed by atoms with E-state index in [9.17, 15) is 18.0 Å². The normalized spacial score (nSPS) is 13.0. The zero-order valence-electron chi connectivity index (χ0n) is 23.0. The lowest BCUT2D eigenvalue weighted by Gasteiger charge is -2.17. The average Bonchev–Trinajstić information content (AvgIpc) is 3.66. The van der Waals surface area contributed by atoms with Gasteiger partial charge in [-0.05, 0) is 62.2 Å². The van der Waals surface area contributed by atoms with Crippen LogP contribution in [0, 0.1) is 6.92 Å². The molecule has 11 heteroatoms. The minimum absolute atomic E-state index is 0.116. The first kappa shape index (κ1) is 29.6. The summed E-state index contributed by atoms with van der Waals surface area (Å²) in [5.41, 5.74) is 2.86. The number of pyridine rings is 1. The molecule has 4 aromatic rings. The summed E-state index contributed by atoms with van der Waals surface area (Å²) in [6.45, 7) is 5.57. The number of nitrogens with one attached hydrogen (secondary N) is 2. The van der Waals surface area contributed by atoms with E-state index in [1.165, 1.54) is 30.7 Å². The molecule has 0 aliphatic carbocycles. The number of aryl methyl sites for hydroxylation is 1. The second-order valence-corrected chi connectivity index (χ2v) is 9.60. The van der Waals surface area contributed by atoms with Crippen LogP contribution in [0.2, 0.25) is 0 Å². The summed E-state index contributed by atoms with van der Waals surface area (Å²) in [5, 5.41) is 9.98. The Kier molecular flexibility index (Phi) is 9.96. The van der Waals surface area contributed by atoms with Crippen LogP contribution in [0.15, 0.2) is 79.3 Å². The number of halogens is 3. The van der Waals surface area contributed by atoms with Gasteiger partial charge in [-0.1, -0.05) is 23.8 Å². The summed E-state index contributed by atoms with van der Waals surface area (Å²) < 4.78 is 44.6. The molecule has 216 valence electrons. The van der Waals surface area contributed by atoms with Gasteiger partial charge in [0.25, 0.3) is 5.91 Å². The number of amides is 1. The Morgan fingerprint density at radius 3 is 2.41 bits per heavy atom. The highest BCUT2D eigenvalue weighted by molar-refractivity contribution is 6.04. The molecular formula is C30H33F3N6O2. The largest absolute Gasteiger partial charge is 0.416 e. The number of nitrogens with zero attached hydrogens (tertiary/aromatic N) is 4. The van der Waals surface area contributed by atoms with E-state index in [1.807, 2.05) is 30.1 Å². The molecule has 2 aromatic heterocycles. The van der Waals surface area contributed by atoms with Crippen molar-refractivity contribution in [3.63, 3.8) is 0 Å². The molecular weight excluding hydrogens is 533 g/mol. The molecule has 0 radical (unpaired) electrons. The Labute approximate surface area is 237 Å². The Hall–Kier alpha value is -4.38. The second kappa shape index (κ2) is 13.8. The summed E-state index contributed by atoms with van der Waals surface area (Å²) in [6.07, 6.45) is 3.82. The number of carbonyl (C=O) groups is 1. The molecule has 1 fully saturated rings. The second-order valence-electron chi connectivity index (χ2n) is 9.60. The van der Waals surface area contributed by atoms with E-state index in [4.69, 9.17) is 4.74 Å². The molecule has 0 atom stereocenters. The highest BCUT2D eigenvalue weighted by atomic mass is 19.4. The molecule has 1 amide bonds. The first-order valence-electron chi connectivity index (χ1n) is 13.3. The molecule has 41 heavy (non-hydrogen) atoms. The van der Waals surface area contributed by atoms with Crippen LogP contribution < -0.4 is 15.5 Å². The van der Waals surface area contributed by atoms with Crippen molar-refractivity contribution < 1.29 is 22.7 Å². The number of hydrogen-bond donors (Lipinski definition) is 2. The SMILES string of the molecule is COCCn1cc(Nc2ccc(N3CCCC3)cn2)cn1.Cc1ccc(C(=O)Nc2cccc(C(F)(F)F)c2)cc1. The minimum atomic E-state index is -4.43. The van der Waals surface area contributed by atoms with Crippen molar-refractivity contribution in [2.75, 3.05) is 42.3 Å². The molecule has 1 saturated heterocycles. The van der Waals surface area contributed by atoms with Gasteiger partial charge in [0.05, 0.1) is 42.5 Å². The van der Waals surface area contributed by atoms with E-state index in [0.717, 1.165) is 48.8 Å². The van der Waals surface area contributed by atoms with E-state index < -0.39 is 17.6 Å². The van der Waals surface area contributed by atoms with Gasteiger partial charge >= 0.3 is 6.18 Å². The Morgan fingerprint density at radius 1 is 1.00 bits per heavy atom. The van der Waals surface area contributed by atoms with Crippen LogP contribution in [0.5, 0.6) is 0 Å². The molecule has 0 bridgehead atoms. The lowest BCUT2D eigenvalue weighted by molar-refractivity contribution is -0.137. The minimum Gasteiger partial charge on any atom is -0.383 e. The van der Waals surface area contributed by atoms with Crippen molar-refractivity contribution in [3.8, 4) is 0 Å². The number of aromatic nitrogens is 3. The van der Waals surface area contributed by atoms with Crippen LogP contribution in [-0.4, -0.2) is 47.5 Å². The first-order valence-corrected chi connectivity index (χ1v) is 13.3. The van der Waals surface area contributed by atoms with Gasteiger partial charge in [0, 0.05) is 37.6 Å². The van der Waals surface area contributed by atoms with Crippen molar-refractivity contribution in [2.24, 2.45) is 0 Å². The van der Waals surface area contributed by atoms with Crippen LogP contribution in [0.1, 0.15) is 34.3 Å². The summed E-state index contributed by atoms with van der Waals surface area (Å²) in [6, 6.07) is 15.5. The Morgan fingerprint density at radius 2 is 1.76 bits per heavy atom. The third-order valence-electron chi connectivity index (χ3n) is 6.41. The molecule has 3 heterocycles. The van der Waals surface area contributed by atoms with Crippen LogP contribution in [-0.2, 0) is 17.5 Å². The van der Waals surface area contributed by atoms with Gasteiger partial charge < -0.3 is 20.3 Å². The summed E-state index contributed by atoms with van der Waals surface area (Å²) >= 11 is 0. The number of ether oxygens (including phenoxy) is 1. The molecule has 2 aromatic carbocycles. The van der Waals surface area contributed by atoms with E-state index in [1.54, 1.807) is 37.6 Å². The molecule has 0 spiro atoms. The fraction of sp³-hybridized carbons (Fsp3) is 0.300. The van der Waals surface area contributed by atoms with Gasteiger partial charge in [-0.15, -0.1) is 0 Å². The molecule has 5 rings (SSSR count). The van der Waals surface area contributed by atoms with E-state index >= 15 is 0 Å². The lowest BCUT2D eigenvalue weighted by Crippen LogP contribution is -2.17. The fourth-order valence-electron chi connectivity index (χ4n) is 4.19. The van der Waals surface area contributed by atoms with Gasteiger partial charge in [0.15, 0.2) is 0 Å². The number of benzene rings is 2. The number of rotatable bonds is 8. The summed E-state index contributed by atoms with van der Waals surface area (Å²) in [4.78, 5) is 18.7. The zero-order valence-corrected chi connectivity index (χ0v) is 23.0. The van der Waals surface area contributed by atoms with Crippen molar-refractivity contribution in [1.82, 2.24) is 14.8 Å². The van der Waals surface area contributed by atoms with Crippen LogP contribution in [0.3, 0.4) is 0 Å². The maximum absolute atomic E-state index is 12.6. The van der Waals surface area contributed by atoms with Crippen LogP contribution >= 0.6 is 0 Å². The summed E-state index contributed by atoms with van der Waals surface area (Å²) in [7, 11) is 1.69. The van der Waals surface area contributed by atoms with Crippen LogP contribution in [0.4, 0.5) is 36.1 Å². The number of carbonyl (C=O) groups excluding carboxylic acids is 1. The molecule has 0 saturated carbocycles. The molecule has 2 N–H and O–H groups in total. The standard InChI is InChI=1S/C15H12F3NO.C15H21N5O/c1-10-5-7-11(8-6-10)14(20)19-13-4-2-3-12(9-13)15(16,17)18;1-21-9-8-20-12-13(10-17-20)18-15-5-4-14(11-16-15)19-6-2-3-7-19/h2-9H,1H3,(H,19,20);4-5,10-12H,2-3,6-9H2,1H3,(H,16,18). The highest BCUT2D eigenvalue weighted by Gasteiger charge is 2.30. The number of alkyl halides is 3. The van der Waals surface area contributed by atoms with E-state index in [-0.39, 0.29) is 5.69 Å². The number of hydrogen-bond acceptors (Lipinski definition) is 6. The van der Waals surface area contributed by atoms with Crippen molar-refractivity contribution in [3.05, 3.63) is 95.9 Å². The predicted octanol–water partition coefficient (Wildman–Crippen LogP) is 6.53. The average molecular weight is 567 g/mol. The van der Waals surface area contributed by atoms with Gasteiger partial charge in [-0.25, -0.2) is 4.98 Å². The van der Waals surface area contributed by atoms with E-state index in [0.29, 0.717) is 12.2 Å². The third-order valence-corrected chi connectivity index (χ3v) is 6.41. The molecule has 1 aliphatic rings. The molecule has 1 aliphatic heterocycles. The van der Waals surface area contributed by atoms with E-state index in [2.05, 4.69) is 31.7 Å². The first-order chi connectivity index (χ1) is 19.7. The Balaban J connectivity index is 0.000000189. The quantitative estimate of drug-likeness (QED) is 0.252. The third kappa shape index (κ3) is 8.81. The van der Waals surface area contributed by atoms with Crippen molar-refractivity contribution in [2.45, 2.75) is 32.5 Å². The predicted molar refractivity (Wildman–Crippen MR) is 154 cm³/mol. The maximum Gasteiger partial charge on any atom is 0.416 e. The van der Waals surface area contributed by atoms with Gasteiger partial charge in [0.2, 0.25) is 0 Å². The molecule has 0 unspecified atom stereocenters. The van der Waals surface area contributed by atoms with Crippen LogP contribution in [0.25, 0.3) is 0 Å². The van der Waals surface area contributed by atoms with Gasteiger partial charge in [-0.2, -0.15) is 18.3 Å². The topological polar surface area (TPSA) is 84.3 Å². The zero-order chi connectivity index (χ0) is 29.2. The fourth-order valence-corrected chi connectivity index (χ4v) is 4.19. The smallest absolute Gasteiger partial charge is 0.383 e. The number of anilines is 4. The van der Waals surface area contributed by atoms with Gasteiger partial charge in [-0.3, -0.25) is 9.48 Å².